The first-order chi connectivity index (χ1) is 19.8. The molecule has 2 saturated heterocycles. The number of nitrogens with zero attached hydrogens (tertiary/aromatic N) is 4. The molecule has 1 aromatic heterocycles. The van der Waals surface area contributed by atoms with Crippen LogP contribution in [0.15, 0.2) is 54.7 Å². The summed E-state index contributed by atoms with van der Waals surface area (Å²) in [5.74, 6) is -1.97. The summed E-state index contributed by atoms with van der Waals surface area (Å²) in [5.41, 5.74) is 0.645. The lowest BCUT2D eigenvalue weighted by Crippen LogP contribution is -2.36. The summed E-state index contributed by atoms with van der Waals surface area (Å²) in [5, 5.41) is 16.4. The number of ether oxygens (including phenoxy) is 1. The summed E-state index contributed by atoms with van der Waals surface area (Å²) < 4.78 is 20.6. The topological polar surface area (TPSA) is 130 Å². The highest BCUT2D eigenvalue weighted by atomic mass is 35.5. The summed E-state index contributed by atoms with van der Waals surface area (Å²) >= 11 is 0. The predicted molar refractivity (Wildman–Crippen MR) is 159 cm³/mol. The van der Waals surface area contributed by atoms with Gasteiger partial charge in [-0.15, -0.1) is 12.4 Å². The maximum Gasteiger partial charge on any atom is 0.311 e. The molecule has 0 saturated carbocycles. The molecule has 0 atom stereocenters. The van der Waals surface area contributed by atoms with Gasteiger partial charge in [0, 0.05) is 50.2 Å². The zero-order valence-corrected chi connectivity index (χ0v) is 23.9. The Balaban J connectivity index is 0.00000405. The van der Waals surface area contributed by atoms with E-state index in [1.807, 2.05) is 12.1 Å². The molecule has 0 radical (unpaired) electrons. The Morgan fingerprint density at radius 3 is 2.43 bits per heavy atom. The van der Waals surface area contributed by atoms with Crippen LogP contribution in [0.1, 0.15) is 46.4 Å². The second kappa shape index (κ2) is 13.6. The van der Waals surface area contributed by atoms with Gasteiger partial charge in [0.2, 0.25) is 5.82 Å². The number of aromatic nitrogens is 1. The molecule has 13 heteroatoms. The van der Waals surface area contributed by atoms with Crippen LogP contribution in [0.5, 0.6) is 5.75 Å². The van der Waals surface area contributed by atoms with Gasteiger partial charge in [-0.25, -0.2) is 9.37 Å². The highest BCUT2D eigenvalue weighted by molar-refractivity contribution is 6.13. The van der Waals surface area contributed by atoms with Crippen molar-refractivity contribution >= 4 is 47.1 Å². The molecule has 2 aliphatic rings. The van der Waals surface area contributed by atoms with Crippen LogP contribution in [-0.2, 0) is 0 Å². The van der Waals surface area contributed by atoms with Crippen LogP contribution in [0.2, 0.25) is 0 Å². The first-order valence-corrected chi connectivity index (χ1v) is 13.5. The van der Waals surface area contributed by atoms with Crippen LogP contribution in [-0.4, -0.2) is 66.0 Å². The summed E-state index contributed by atoms with van der Waals surface area (Å²) in [7, 11) is 2.06. The first-order valence-electron chi connectivity index (χ1n) is 13.5. The van der Waals surface area contributed by atoms with E-state index in [2.05, 4.69) is 32.5 Å². The fraction of sp³-hybridized carbons (Fsp3) is 0.345. The lowest BCUT2D eigenvalue weighted by atomic mass is 10.1. The van der Waals surface area contributed by atoms with Gasteiger partial charge in [0.15, 0.2) is 0 Å². The molecule has 0 aliphatic carbocycles. The van der Waals surface area contributed by atoms with Crippen LogP contribution in [0.3, 0.4) is 0 Å². The molecular formula is C29H32ClFN6O5. The van der Waals surface area contributed by atoms with E-state index < -0.39 is 28.2 Å². The Bertz CT molecular complexity index is 1460. The number of pyridine rings is 1. The molecule has 0 spiro atoms. The Labute approximate surface area is 248 Å². The van der Waals surface area contributed by atoms with Crippen molar-refractivity contribution in [1.29, 1.82) is 0 Å². The monoisotopic (exact) mass is 598 g/mol. The highest BCUT2D eigenvalue weighted by Crippen LogP contribution is 2.32. The number of halogens is 2. The maximum atomic E-state index is 14.2. The standard InChI is InChI=1S/C29H31FN6O5.ClH/c1-34-15-10-21(11-16-34)41-26-18-20(35-13-2-3-14-35)7-8-22(26)28(37)32-24-9-6-19(30)17-23(24)29(38)33-27-25(36(39)40)5-4-12-31-27;/h4-9,12,17-18,21H,2-3,10-11,13-16H2,1H3,(H,32,37)(H,31,33,38);1H. The van der Waals surface area contributed by atoms with Crippen LogP contribution in [0.25, 0.3) is 0 Å². The Morgan fingerprint density at radius 2 is 1.71 bits per heavy atom. The first kappa shape index (κ1) is 30.7. The normalized spacial score (nSPS) is 15.5. The molecule has 5 rings (SSSR count). The van der Waals surface area contributed by atoms with Crippen molar-refractivity contribution in [3.8, 4) is 5.75 Å². The molecule has 222 valence electrons. The van der Waals surface area contributed by atoms with Gasteiger partial charge in [-0.3, -0.25) is 19.7 Å². The van der Waals surface area contributed by atoms with Gasteiger partial charge < -0.3 is 25.2 Å². The van der Waals surface area contributed by atoms with E-state index in [1.54, 1.807) is 6.07 Å². The van der Waals surface area contributed by atoms with Crippen LogP contribution in [0.4, 0.5) is 27.3 Å². The fourth-order valence-corrected chi connectivity index (χ4v) is 5.07. The number of carbonyl (C=O) groups is 2. The third-order valence-electron chi connectivity index (χ3n) is 7.33. The Kier molecular flexibility index (Phi) is 9.92. The molecule has 2 aromatic carbocycles. The quantitative estimate of drug-likeness (QED) is 0.270. The summed E-state index contributed by atoms with van der Waals surface area (Å²) in [6, 6.07) is 11.3. The van der Waals surface area contributed by atoms with Crippen molar-refractivity contribution in [3.63, 3.8) is 0 Å². The zero-order chi connectivity index (χ0) is 28.9. The second-order valence-electron chi connectivity index (χ2n) is 10.2. The lowest BCUT2D eigenvalue weighted by Gasteiger charge is -2.30. The number of hydrogen-bond donors (Lipinski definition) is 2. The third kappa shape index (κ3) is 7.12. The van der Waals surface area contributed by atoms with Crippen molar-refractivity contribution < 1.29 is 23.6 Å². The van der Waals surface area contributed by atoms with Crippen LogP contribution in [0, 0.1) is 15.9 Å². The average Bonchev–Trinajstić information content (AvgIpc) is 3.50. The average molecular weight is 599 g/mol. The minimum Gasteiger partial charge on any atom is -0.489 e. The molecule has 3 heterocycles. The smallest absolute Gasteiger partial charge is 0.311 e. The minimum atomic E-state index is -0.867. The molecular weight excluding hydrogens is 567 g/mol. The third-order valence-corrected chi connectivity index (χ3v) is 7.33. The molecule has 11 nitrogen and oxygen atoms in total. The number of nitrogens with one attached hydrogen (secondary N) is 2. The maximum absolute atomic E-state index is 14.2. The SMILES string of the molecule is CN1CCC(Oc2cc(N3CCCC3)ccc2C(=O)Nc2ccc(F)cc2C(=O)Nc2ncccc2[N+](=O)[O-])CC1.Cl. The van der Waals surface area contributed by atoms with Crippen molar-refractivity contribution in [2.75, 3.05) is 48.8 Å². The van der Waals surface area contributed by atoms with Gasteiger partial charge >= 0.3 is 5.69 Å². The molecule has 2 fully saturated rings. The molecule has 42 heavy (non-hydrogen) atoms. The fourth-order valence-electron chi connectivity index (χ4n) is 5.07. The summed E-state index contributed by atoms with van der Waals surface area (Å²) in [4.78, 5) is 45.7. The number of carbonyl (C=O) groups excluding carboxylic acids is 2. The van der Waals surface area contributed by atoms with Crippen molar-refractivity contribution in [2.24, 2.45) is 0 Å². The minimum absolute atomic E-state index is 0. The van der Waals surface area contributed by atoms with E-state index in [9.17, 15) is 24.1 Å². The number of anilines is 3. The van der Waals surface area contributed by atoms with Crippen molar-refractivity contribution in [3.05, 3.63) is 81.8 Å². The predicted octanol–water partition coefficient (Wildman–Crippen LogP) is 5.13. The van der Waals surface area contributed by atoms with E-state index in [1.165, 1.54) is 24.4 Å². The molecule has 0 bridgehead atoms. The van der Waals surface area contributed by atoms with Gasteiger partial charge in [-0.1, -0.05) is 0 Å². The Hall–Kier alpha value is -4.29. The number of piperidine rings is 1. The molecule has 0 unspecified atom stereocenters. The summed E-state index contributed by atoms with van der Waals surface area (Å²) in [6.45, 7) is 3.64. The van der Waals surface area contributed by atoms with Crippen LogP contribution >= 0.6 is 12.4 Å². The van der Waals surface area contributed by atoms with Crippen molar-refractivity contribution in [1.82, 2.24) is 9.88 Å². The van der Waals surface area contributed by atoms with Crippen LogP contribution < -0.4 is 20.3 Å². The molecule has 3 aromatic rings. The van der Waals surface area contributed by atoms with Gasteiger partial charge in [0.25, 0.3) is 11.8 Å². The van der Waals surface area contributed by atoms with E-state index in [-0.39, 0.29) is 41.1 Å². The van der Waals surface area contributed by atoms with E-state index in [0.29, 0.717) is 5.75 Å². The summed E-state index contributed by atoms with van der Waals surface area (Å²) in [6.07, 6.45) is 5.09. The van der Waals surface area contributed by atoms with E-state index >= 15 is 0 Å². The number of likely N-dealkylation sites (tertiary alicyclic amines) is 1. The highest BCUT2D eigenvalue weighted by Gasteiger charge is 2.25. The van der Waals surface area contributed by atoms with Gasteiger partial charge in [0.1, 0.15) is 17.7 Å². The second-order valence-corrected chi connectivity index (χ2v) is 10.2. The van der Waals surface area contributed by atoms with E-state index in [4.69, 9.17) is 4.74 Å². The van der Waals surface area contributed by atoms with E-state index in [0.717, 1.165) is 69.7 Å². The largest absolute Gasteiger partial charge is 0.489 e. The number of nitro groups is 1. The number of rotatable bonds is 8. The molecule has 2 N–H and O–H groups in total. The number of benzene rings is 2. The van der Waals surface area contributed by atoms with Crippen molar-refractivity contribution in [2.45, 2.75) is 31.8 Å². The van der Waals surface area contributed by atoms with Gasteiger partial charge in [-0.2, -0.15) is 0 Å². The van der Waals surface area contributed by atoms with Gasteiger partial charge in [0.05, 0.1) is 21.7 Å². The Morgan fingerprint density at radius 1 is 1.00 bits per heavy atom. The lowest BCUT2D eigenvalue weighted by molar-refractivity contribution is -0.384. The van der Waals surface area contributed by atoms with Gasteiger partial charge in [-0.05, 0) is 69.1 Å². The number of amides is 2. The number of hydrogen-bond acceptors (Lipinski definition) is 8. The zero-order valence-electron chi connectivity index (χ0n) is 23.0. The molecule has 2 amide bonds. The molecule has 2 aliphatic heterocycles.